The van der Waals surface area contributed by atoms with E-state index < -0.39 is 6.04 Å². The van der Waals surface area contributed by atoms with Crippen molar-refractivity contribution >= 4 is 35.6 Å². The number of benzene rings is 2. The Morgan fingerprint density at radius 2 is 1.96 bits per heavy atom. The van der Waals surface area contributed by atoms with Gasteiger partial charge in [-0.05, 0) is 54.5 Å². The van der Waals surface area contributed by atoms with Gasteiger partial charge >= 0.3 is 0 Å². The maximum Gasteiger partial charge on any atom is 0.249 e. The van der Waals surface area contributed by atoms with E-state index in [1.807, 2.05) is 23.3 Å². The molecule has 4 rings (SSSR count). The third-order valence-corrected chi connectivity index (χ3v) is 5.68. The molecular formula is C21H23N3O2S. The molecule has 1 atom stereocenters. The van der Waals surface area contributed by atoms with Gasteiger partial charge in [-0.15, -0.1) is 0 Å². The number of para-hydroxylation sites is 1. The van der Waals surface area contributed by atoms with Crippen LogP contribution in [0.5, 0.6) is 0 Å². The number of carbonyl (C=O) groups is 2. The van der Waals surface area contributed by atoms with Crippen LogP contribution in [0.15, 0.2) is 42.5 Å². The van der Waals surface area contributed by atoms with Crippen LogP contribution >= 0.6 is 11.9 Å². The van der Waals surface area contributed by atoms with E-state index in [0.717, 1.165) is 22.5 Å². The van der Waals surface area contributed by atoms with Crippen LogP contribution in [0.3, 0.4) is 0 Å². The lowest BCUT2D eigenvalue weighted by molar-refractivity contribution is -0.121. The lowest BCUT2D eigenvalue weighted by Gasteiger charge is -2.22. The molecule has 0 spiro atoms. The van der Waals surface area contributed by atoms with Gasteiger partial charge in [0.05, 0.1) is 5.69 Å². The molecule has 0 radical (unpaired) electrons. The second kappa shape index (κ2) is 7.64. The van der Waals surface area contributed by atoms with E-state index in [4.69, 9.17) is 0 Å². The monoisotopic (exact) mass is 381 g/mol. The minimum absolute atomic E-state index is 0.0128. The van der Waals surface area contributed by atoms with Crippen molar-refractivity contribution < 1.29 is 9.59 Å². The van der Waals surface area contributed by atoms with Gasteiger partial charge < -0.3 is 14.9 Å². The molecule has 2 amide bonds. The number of anilines is 2. The molecule has 2 aliphatic rings. The molecule has 2 aromatic rings. The van der Waals surface area contributed by atoms with Crippen LogP contribution in [0.2, 0.25) is 0 Å². The zero-order valence-corrected chi connectivity index (χ0v) is 16.1. The molecule has 0 bridgehead atoms. The highest BCUT2D eigenvalue weighted by Gasteiger charge is 2.36. The Hall–Kier alpha value is -2.47. The van der Waals surface area contributed by atoms with E-state index in [9.17, 15) is 9.59 Å². The Morgan fingerprint density at radius 1 is 1.15 bits per heavy atom. The quantitative estimate of drug-likeness (QED) is 0.566. The van der Waals surface area contributed by atoms with Crippen LogP contribution in [-0.4, -0.2) is 31.2 Å². The van der Waals surface area contributed by atoms with Crippen LogP contribution in [0, 0.1) is 0 Å². The molecule has 1 aliphatic carbocycles. The fourth-order valence-electron chi connectivity index (χ4n) is 3.78. The van der Waals surface area contributed by atoms with E-state index >= 15 is 0 Å². The molecule has 0 aromatic heterocycles. The highest BCUT2D eigenvalue weighted by molar-refractivity contribution is 7.99. The van der Waals surface area contributed by atoms with Gasteiger partial charge in [0.2, 0.25) is 12.3 Å². The molecule has 1 aliphatic heterocycles. The van der Waals surface area contributed by atoms with Gasteiger partial charge in [-0.1, -0.05) is 36.2 Å². The van der Waals surface area contributed by atoms with Gasteiger partial charge in [0.25, 0.3) is 0 Å². The summed E-state index contributed by atoms with van der Waals surface area (Å²) < 4.78 is 3.35. The lowest BCUT2D eigenvalue weighted by atomic mass is 9.98. The Labute approximate surface area is 163 Å². The smallest absolute Gasteiger partial charge is 0.249 e. The molecule has 1 saturated carbocycles. The number of amides is 2. The van der Waals surface area contributed by atoms with Crippen molar-refractivity contribution in [1.82, 2.24) is 5.32 Å². The predicted octanol–water partition coefficient (Wildman–Crippen LogP) is 3.77. The topological polar surface area (TPSA) is 61.4 Å². The minimum atomic E-state index is -0.402. The summed E-state index contributed by atoms with van der Waals surface area (Å²) in [6, 6.07) is 14.3. The van der Waals surface area contributed by atoms with E-state index in [1.165, 1.54) is 18.4 Å². The maximum absolute atomic E-state index is 12.7. The van der Waals surface area contributed by atoms with E-state index in [1.54, 1.807) is 11.9 Å². The molecule has 5 nitrogen and oxygen atoms in total. The summed E-state index contributed by atoms with van der Waals surface area (Å²) in [5, 5.41) is 2.63. The van der Waals surface area contributed by atoms with Gasteiger partial charge in [0, 0.05) is 24.1 Å². The average molecular weight is 382 g/mol. The third kappa shape index (κ3) is 3.54. The molecule has 1 saturated heterocycles. The van der Waals surface area contributed by atoms with Crippen LogP contribution < -0.4 is 14.9 Å². The van der Waals surface area contributed by atoms with Crippen molar-refractivity contribution in [3.05, 3.63) is 48.0 Å². The highest BCUT2D eigenvalue weighted by atomic mass is 32.2. The summed E-state index contributed by atoms with van der Waals surface area (Å²) in [6.45, 7) is 0.647. The summed E-state index contributed by atoms with van der Waals surface area (Å²) in [5.74, 6) is 0.507. The lowest BCUT2D eigenvalue weighted by Crippen LogP contribution is -2.37. The molecule has 27 heavy (non-hydrogen) atoms. The second-order valence-electron chi connectivity index (χ2n) is 7.02. The SMILES string of the molecule is CSNc1ccccc1-c1ccc(N2CCC(NC=O)C2=O)c(C2CC2)c1. The number of rotatable bonds is 7. The van der Waals surface area contributed by atoms with Gasteiger partial charge in [0.15, 0.2) is 0 Å². The fraction of sp³-hybridized carbons (Fsp3) is 0.333. The van der Waals surface area contributed by atoms with Crippen molar-refractivity contribution in [3.63, 3.8) is 0 Å². The fourth-order valence-corrected chi connectivity index (χ4v) is 4.18. The summed E-state index contributed by atoms with van der Waals surface area (Å²) in [5.41, 5.74) is 5.65. The van der Waals surface area contributed by atoms with Crippen molar-refractivity contribution in [2.24, 2.45) is 0 Å². The summed E-state index contributed by atoms with van der Waals surface area (Å²) in [6.07, 6.45) is 5.62. The van der Waals surface area contributed by atoms with Gasteiger partial charge in [-0.3, -0.25) is 9.59 Å². The zero-order valence-electron chi connectivity index (χ0n) is 15.3. The van der Waals surface area contributed by atoms with Gasteiger partial charge in [-0.25, -0.2) is 0 Å². The minimum Gasteiger partial charge on any atom is -0.347 e. The molecular weight excluding hydrogens is 358 g/mol. The first-order chi connectivity index (χ1) is 13.2. The molecule has 1 unspecified atom stereocenters. The Balaban J connectivity index is 1.70. The summed E-state index contributed by atoms with van der Waals surface area (Å²) >= 11 is 1.58. The number of nitrogens with zero attached hydrogens (tertiary/aromatic N) is 1. The van der Waals surface area contributed by atoms with Gasteiger partial charge in [0.1, 0.15) is 6.04 Å². The van der Waals surface area contributed by atoms with Crippen LogP contribution in [0.1, 0.15) is 30.7 Å². The highest BCUT2D eigenvalue weighted by Crippen LogP contribution is 2.47. The van der Waals surface area contributed by atoms with Gasteiger partial charge in [-0.2, -0.15) is 0 Å². The average Bonchev–Trinajstić information content (AvgIpc) is 3.47. The second-order valence-corrected chi connectivity index (χ2v) is 7.63. The summed E-state index contributed by atoms with van der Waals surface area (Å²) in [7, 11) is 0. The van der Waals surface area contributed by atoms with Crippen molar-refractivity contribution in [2.45, 2.75) is 31.2 Å². The first-order valence-corrected chi connectivity index (χ1v) is 10.5. The van der Waals surface area contributed by atoms with E-state index in [-0.39, 0.29) is 5.91 Å². The molecule has 2 aromatic carbocycles. The largest absolute Gasteiger partial charge is 0.347 e. The number of nitrogens with one attached hydrogen (secondary N) is 2. The number of hydrogen-bond acceptors (Lipinski definition) is 4. The Bertz CT molecular complexity index is 866. The molecule has 2 fully saturated rings. The normalized spacial score (nSPS) is 19.2. The molecule has 2 N–H and O–H groups in total. The Kier molecular flexibility index (Phi) is 5.07. The third-order valence-electron chi connectivity index (χ3n) is 5.26. The summed E-state index contributed by atoms with van der Waals surface area (Å²) in [4.78, 5) is 25.2. The van der Waals surface area contributed by atoms with Crippen molar-refractivity contribution in [2.75, 3.05) is 22.4 Å². The molecule has 1 heterocycles. The predicted molar refractivity (Wildman–Crippen MR) is 111 cm³/mol. The maximum atomic E-state index is 12.7. The first kappa shape index (κ1) is 17.9. The number of hydrogen-bond donors (Lipinski definition) is 2. The van der Waals surface area contributed by atoms with Crippen molar-refractivity contribution in [3.8, 4) is 11.1 Å². The van der Waals surface area contributed by atoms with Crippen LogP contribution in [0.4, 0.5) is 11.4 Å². The van der Waals surface area contributed by atoms with E-state index in [0.29, 0.717) is 25.3 Å². The standard InChI is InChI=1S/C21H23N3O2S/c1-27-23-18-5-3-2-4-16(18)15-8-9-20(17(12-15)14-6-7-14)24-11-10-19(21(24)26)22-13-25/h2-5,8-9,12-14,19,23H,6-7,10-11H2,1H3,(H,22,25). The Morgan fingerprint density at radius 3 is 2.70 bits per heavy atom. The van der Waals surface area contributed by atoms with Crippen LogP contribution in [-0.2, 0) is 9.59 Å². The number of carbonyl (C=O) groups excluding carboxylic acids is 2. The van der Waals surface area contributed by atoms with Crippen LogP contribution in [0.25, 0.3) is 11.1 Å². The molecule has 6 heteroatoms. The van der Waals surface area contributed by atoms with E-state index in [2.05, 4.69) is 40.4 Å². The zero-order chi connectivity index (χ0) is 18.8. The van der Waals surface area contributed by atoms with Crippen molar-refractivity contribution in [1.29, 1.82) is 0 Å². The molecule has 140 valence electrons. The first-order valence-electron chi connectivity index (χ1n) is 9.26.